The molecule has 2 aromatic heterocycles. The van der Waals surface area contributed by atoms with Gasteiger partial charge in [0.1, 0.15) is 17.2 Å². The number of pyridine rings is 1. The van der Waals surface area contributed by atoms with E-state index in [0.717, 1.165) is 37.8 Å². The van der Waals surface area contributed by atoms with Crippen LogP contribution in [-0.4, -0.2) is 60.9 Å². The van der Waals surface area contributed by atoms with Crippen LogP contribution < -0.4 is 15.5 Å². The first-order valence-electron chi connectivity index (χ1n) is 8.49. The monoisotopic (exact) mass is 358 g/mol. The first-order valence-corrected chi connectivity index (χ1v) is 8.49. The van der Waals surface area contributed by atoms with E-state index < -0.39 is 5.97 Å². The second-order valence-electron chi connectivity index (χ2n) is 5.56. The highest BCUT2D eigenvalue weighted by Crippen LogP contribution is 2.20. The molecule has 2 aromatic rings. The van der Waals surface area contributed by atoms with Crippen LogP contribution >= 0.6 is 0 Å². The zero-order chi connectivity index (χ0) is 18.4. The Hall–Kier alpha value is -2.94. The molecule has 1 saturated heterocycles. The SMILES string of the molecule is CCOC(=O)c1cnc(Nc2ccc(N3CCOCC3)nc2)nc1NC. The molecule has 3 heterocycles. The Morgan fingerprint density at radius 1 is 1.27 bits per heavy atom. The summed E-state index contributed by atoms with van der Waals surface area (Å²) in [4.78, 5) is 27.0. The molecule has 1 fully saturated rings. The Balaban J connectivity index is 1.71. The molecule has 2 N–H and O–H groups in total. The lowest BCUT2D eigenvalue weighted by atomic mass is 10.3. The molecule has 0 aliphatic carbocycles. The fourth-order valence-electron chi connectivity index (χ4n) is 2.56. The van der Waals surface area contributed by atoms with Gasteiger partial charge in [0.15, 0.2) is 0 Å². The van der Waals surface area contributed by atoms with Crippen LogP contribution in [-0.2, 0) is 9.47 Å². The lowest BCUT2D eigenvalue weighted by molar-refractivity contribution is 0.0526. The van der Waals surface area contributed by atoms with Crippen molar-refractivity contribution in [2.24, 2.45) is 0 Å². The Kier molecular flexibility index (Phi) is 5.80. The molecule has 9 nitrogen and oxygen atoms in total. The summed E-state index contributed by atoms with van der Waals surface area (Å²) in [6.07, 6.45) is 3.17. The predicted octanol–water partition coefficient (Wildman–Crippen LogP) is 1.67. The highest BCUT2D eigenvalue weighted by Gasteiger charge is 2.15. The average molecular weight is 358 g/mol. The number of nitrogens with one attached hydrogen (secondary N) is 2. The minimum atomic E-state index is -0.458. The van der Waals surface area contributed by atoms with Crippen LogP contribution in [0.15, 0.2) is 24.5 Å². The minimum Gasteiger partial charge on any atom is -0.462 e. The Morgan fingerprint density at radius 2 is 2.08 bits per heavy atom. The van der Waals surface area contributed by atoms with Gasteiger partial charge in [0.2, 0.25) is 5.95 Å². The van der Waals surface area contributed by atoms with Gasteiger partial charge in [-0.05, 0) is 19.1 Å². The number of aromatic nitrogens is 3. The second-order valence-corrected chi connectivity index (χ2v) is 5.56. The third-order valence-corrected chi connectivity index (χ3v) is 3.86. The van der Waals surface area contributed by atoms with Gasteiger partial charge in [0.25, 0.3) is 0 Å². The molecule has 0 atom stereocenters. The van der Waals surface area contributed by atoms with E-state index >= 15 is 0 Å². The molecule has 1 aliphatic rings. The fourth-order valence-corrected chi connectivity index (χ4v) is 2.56. The van der Waals surface area contributed by atoms with Gasteiger partial charge in [-0.2, -0.15) is 4.98 Å². The van der Waals surface area contributed by atoms with Crippen molar-refractivity contribution in [3.05, 3.63) is 30.1 Å². The van der Waals surface area contributed by atoms with E-state index in [9.17, 15) is 4.79 Å². The Bertz CT molecular complexity index is 747. The van der Waals surface area contributed by atoms with Gasteiger partial charge in [0.05, 0.1) is 31.7 Å². The van der Waals surface area contributed by atoms with Gasteiger partial charge in [-0.3, -0.25) is 0 Å². The molecule has 0 bridgehead atoms. The van der Waals surface area contributed by atoms with Crippen molar-refractivity contribution in [2.75, 3.05) is 55.5 Å². The number of carbonyl (C=O) groups is 1. The number of ether oxygens (including phenoxy) is 2. The lowest BCUT2D eigenvalue weighted by Gasteiger charge is -2.27. The van der Waals surface area contributed by atoms with E-state index in [1.165, 1.54) is 6.20 Å². The van der Waals surface area contributed by atoms with Crippen LogP contribution in [0.4, 0.5) is 23.3 Å². The van der Waals surface area contributed by atoms with Gasteiger partial charge in [-0.15, -0.1) is 0 Å². The number of nitrogens with zero attached hydrogens (tertiary/aromatic N) is 4. The largest absolute Gasteiger partial charge is 0.462 e. The number of hydrogen-bond donors (Lipinski definition) is 2. The number of anilines is 4. The average Bonchev–Trinajstić information content (AvgIpc) is 2.69. The van der Waals surface area contributed by atoms with Gasteiger partial charge in [-0.1, -0.05) is 0 Å². The van der Waals surface area contributed by atoms with Crippen LogP contribution in [0.1, 0.15) is 17.3 Å². The number of esters is 1. The first kappa shape index (κ1) is 17.9. The molecule has 0 radical (unpaired) electrons. The Morgan fingerprint density at radius 3 is 2.73 bits per heavy atom. The molecular weight excluding hydrogens is 336 g/mol. The normalized spacial score (nSPS) is 14.0. The van der Waals surface area contributed by atoms with Gasteiger partial charge in [0, 0.05) is 26.3 Å². The van der Waals surface area contributed by atoms with Crippen LogP contribution in [0, 0.1) is 0 Å². The minimum absolute atomic E-state index is 0.292. The highest BCUT2D eigenvalue weighted by molar-refractivity contribution is 5.94. The van der Waals surface area contributed by atoms with E-state index in [-0.39, 0.29) is 0 Å². The summed E-state index contributed by atoms with van der Waals surface area (Å²) in [5.41, 5.74) is 1.05. The molecular formula is C17H22N6O3. The number of hydrogen-bond acceptors (Lipinski definition) is 9. The molecule has 3 rings (SSSR count). The molecule has 1 aliphatic heterocycles. The topological polar surface area (TPSA) is 102 Å². The van der Waals surface area contributed by atoms with Crippen LogP contribution in [0.25, 0.3) is 0 Å². The second kappa shape index (κ2) is 8.43. The summed E-state index contributed by atoms with van der Waals surface area (Å²) < 4.78 is 10.3. The summed E-state index contributed by atoms with van der Waals surface area (Å²) in [7, 11) is 1.69. The van der Waals surface area contributed by atoms with E-state index in [2.05, 4.69) is 30.5 Å². The van der Waals surface area contributed by atoms with E-state index in [1.54, 1.807) is 20.2 Å². The van der Waals surface area contributed by atoms with Crippen molar-refractivity contribution < 1.29 is 14.3 Å². The number of carbonyl (C=O) groups excluding carboxylic acids is 1. The number of morpholine rings is 1. The van der Waals surface area contributed by atoms with Crippen molar-refractivity contribution in [3.8, 4) is 0 Å². The van der Waals surface area contributed by atoms with Gasteiger partial charge in [-0.25, -0.2) is 14.8 Å². The summed E-state index contributed by atoms with van der Waals surface area (Å²) in [5.74, 6) is 1.22. The number of rotatable bonds is 6. The molecule has 0 unspecified atom stereocenters. The van der Waals surface area contributed by atoms with Crippen molar-refractivity contribution in [1.82, 2.24) is 15.0 Å². The van der Waals surface area contributed by atoms with Crippen LogP contribution in [0.3, 0.4) is 0 Å². The predicted molar refractivity (Wildman–Crippen MR) is 98.1 cm³/mol. The van der Waals surface area contributed by atoms with E-state index in [4.69, 9.17) is 9.47 Å². The van der Waals surface area contributed by atoms with Crippen LogP contribution in [0.5, 0.6) is 0 Å². The maximum absolute atomic E-state index is 11.9. The first-order chi connectivity index (χ1) is 12.7. The van der Waals surface area contributed by atoms with Crippen molar-refractivity contribution in [3.63, 3.8) is 0 Å². The smallest absolute Gasteiger partial charge is 0.343 e. The molecule has 0 spiro atoms. The lowest BCUT2D eigenvalue weighted by Crippen LogP contribution is -2.36. The third-order valence-electron chi connectivity index (χ3n) is 3.86. The molecule has 0 aromatic carbocycles. The van der Waals surface area contributed by atoms with Crippen LogP contribution in [0.2, 0.25) is 0 Å². The molecule has 26 heavy (non-hydrogen) atoms. The van der Waals surface area contributed by atoms with Crippen molar-refractivity contribution in [1.29, 1.82) is 0 Å². The quantitative estimate of drug-likeness (QED) is 0.747. The van der Waals surface area contributed by atoms with Crippen molar-refractivity contribution in [2.45, 2.75) is 6.92 Å². The molecule has 0 amide bonds. The maximum atomic E-state index is 11.9. The van der Waals surface area contributed by atoms with Crippen molar-refractivity contribution >= 4 is 29.2 Å². The molecule has 0 saturated carbocycles. The van der Waals surface area contributed by atoms with Gasteiger partial charge >= 0.3 is 5.97 Å². The summed E-state index contributed by atoms with van der Waals surface area (Å²) in [5, 5.41) is 5.97. The Labute approximate surface area is 151 Å². The molecule has 9 heteroatoms. The summed E-state index contributed by atoms with van der Waals surface area (Å²) in [6.45, 7) is 5.15. The summed E-state index contributed by atoms with van der Waals surface area (Å²) >= 11 is 0. The maximum Gasteiger partial charge on any atom is 0.343 e. The zero-order valence-electron chi connectivity index (χ0n) is 14.9. The summed E-state index contributed by atoms with van der Waals surface area (Å²) in [6, 6.07) is 3.86. The molecule has 138 valence electrons. The third kappa shape index (κ3) is 4.17. The van der Waals surface area contributed by atoms with Gasteiger partial charge < -0.3 is 25.0 Å². The highest BCUT2D eigenvalue weighted by atomic mass is 16.5. The van der Waals surface area contributed by atoms with E-state index in [1.807, 2.05) is 12.1 Å². The standard InChI is InChI=1S/C17H22N6O3/c1-3-26-16(24)13-11-20-17(22-15(13)18-2)21-12-4-5-14(19-10-12)23-6-8-25-9-7-23/h4-5,10-11H,3,6-9H2,1-2H3,(H2,18,20,21,22). The zero-order valence-corrected chi connectivity index (χ0v) is 14.9. The van der Waals surface area contributed by atoms with E-state index in [0.29, 0.717) is 23.9 Å². The fraction of sp³-hybridized carbons (Fsp3) is 0.412.